The maximum absolute atomic E-state index is 10.4. The predicted molar refractivity (Wildman–Crippen MR) is 175 cm³/mol. The Labute approximate surface area is 260 Å². The van der Waals surface area contributed by atoms with Gasteiger partial charge in [0, 0.05) is 11.3 Å². The number of nitrogens with two attached hydrogens (primary N) is 1. The van der Waals surface area contributed by atoms with Gasteiger partial charge in [0.2, 0.25) is 0 Å². The molecule has 0 aliphatic rings. The van der Waals surface area contributed by atoms with Crippen LogP contribution in [0.5, 0.6) is 11.5 Å². The molecule has 43 heavy (non-hydrogen) atoms. The van der Waals surface area contributed by atoms with Gasteiger partial charge in [-0.25, -0.2) is 8.42 Å². The quantitative estimate of drug-likeness (QED) is 0.132. The summed E-state index contributed by atoms with van der Waals surface area (Å²) in [5.41, 5.74) is 9.88. The molecular weight excluding hydrogens is 579 g/mol. The molecular formula is C35H43NO5S2. The molecule has 0 fully saturated rings. The first kappa shape index (κ1) is 34.0. The molecule has 0 atom stereocenters. The third-order valence-electron chi connectivity index (χ3n) is 6.28. The number of benzene rings is 4. The van der Waals surface area contributed by atoms with Gasteiger partial charge < -0.3 is 19.8 Å². The number of rotatable bonds is 6. The van der Waals surface area contributed by atoms with Gasteiger partial charge in [-0.2, -0.15) is 0 Å². The van der Waals surface area contributed by atoms with Gasteiger partial charge in [-0.3, -0.25) is 0 Å². The van der Waals surface area contributed by atoms with E-state index >= 15 is 0 Å². The Hall–Kier alpha value is -3.46. The van der Waals surface area contributed by atoms with E-state index in [0.29, 0.717) is 0 Å². The van der Waals surface area contributed by atoms with Gasteiger partial charge in [0.1, 0.15) is 32.8 Å². The molecule has 0 aliphatic heterocycles. The summed E-state index contributed by atoms with van der Waals surface area (Å²) in [6, 6.07) is 26.9. The lowest BCUT2D eigenvalue weighted by Gasteiger charge is -2.21. The molecule has 0 unspecified atom stereocenters. The normalized spacial score (nSPS) is 12.0. The Kier molecular flexibility index (Phi) is 10.6. The number of nitrogen functional groups attached to an aromatic ring is 1. The lowest BCUT2D eigenvalue weighted by molar-refractivity contribution is 0.130. The second-order valence-electron chi connectivity index (χ2n) is 12.3. The average molecular weight is 622 g/mol. The van der Waals surface area contributed by atoms with Crippen molar-refractivity contribution in [2.75, 3.05) is 5.73 Å². The van der Waals surface area contributed by atoms with Gasteiger partial charge >= 0.3 is 0 Å². The second-order valence-corrected chi connectivity index (χ2v) is 15.7. The van der Waals surface area contributed by atoms with Crippen molar-refractivity contribution >= 4 is 26.7 Å². The predicted octanol–water partition coefficient (Wildman–Crippen LogP) is 8.23. The fraction of sp³-hybridized carbons (Fsp3) is 0.314. The third kappa shape index (κ3) is 10.1. The van der Waals surface area contributed by atoms with Gasteiger partial charge in [0.05, 0.1) is 15.8 Å². The van der Waals surface area contributed by atoms with E-state index in [0.717, 1.165) is 28.3 Å². The molecule has 4 aromatic carbocycles. The summed E-state index contributed by atoms with van der Waals surface area (Å²) < 4.78 is 43.2. The minimum absolute atomic E-state index is 0.178. The average Bonchev–Trinajstić information content (AvgIpc) is 2.89. The van der Waals surface area contributed by atoms with Crippen LogP contribution in [0, 0.1) is 20.8 Å². The zero-order valence-electron chi connectivity index (χ0n) is 26.5. The van der Waals surface area contributed by atoms with Crippen LogP contribution in [0.15, 0.2) is 105 Å². The topological polar surface area (TPSA) is 102 Å². The van der Waals surface area contributed by atoms with E-state index in [9.17, 15) is 13.0 Å². The van der Waals surface area contributed by atoms with Gasteiger partial charge in [-0.1, -0.05) is 17.7 Å². The lowest BCUT2D eigenvalue weighted by Crippen LogP contribution is -2.23. The van der Waals surface area contributed by atoms with Crippen LogP contribution in [-0.4, -0.2) is 24.2 Å². The third-order valence-corrected chi connectivity index (χ3v) is 9.49. The highest BCUT2D eigenvalue weighted by molar-refractivity contribution is 7.97. The van der Waals surface area contributed by atoms with Crippen LogP contribution in [0.4, 0.5) is 5.69 Å². The van der Waals surface area contributed by atoms with E-state index in [1.54, 1.807) is 12.1 Å². The molecule has 4 aromatic rings. The summed E-state index contributed by atoms with van der Waals surface area (Å²) in [5.74, 6) is 1.76. The van der Waals surface area contributed by atoms with Crippen molar-refractivity contribution in [2.24, 2.45) is 0 Å². The molecule has 0 amide bonds. The number of ether oxygens (including phenoxy) is 2. The monoisotopic (exact) mass is 621 g/mol. The van der Waals surface area contributed by atoms with Crippen molar-refractivity contribution in [3.8, 4) is 11.5 Å². The van der Waals surface area contributed by atoms with Crippen molar-refractivity contribution in [3.63, 3.8) is 0 Å². The number of hydrogen-bond donors (Lipinski definition) is 1. The van der Waals surface area contributed by atoms with Crippen LogP contribution in [0.25, 0.3) is 0 Å². The summed E-state index contributed by atoms with van der Waals surface area (Å²) >= 11 is 0. The standard InChI is InChI=1S/C28H36NO2S.C7H8O3S/c1-19-20(2)26(18-17-25(19)29)32(23-13-9-21(10-14-23)30-27(3,4)5)24-15-11-22(12-16-24)31-28(6,7)8;1-6-2-4-7(5-3-6)11(8,9)10/h9-18H,29H2,1-8H3;2-5H,1H3,(H,8,9,10)/q+1;/p-1. The highest BCUT2D eigenvalue weighted by Gasteiger charge is 2.31. The van der Waals surface area contributed by atoms with Crippen LogP contribution in [0.3, 0.4) is 0 Å². The first-order valence-corrected chi connectivity index (χ1v) is 16.7. The zero-order valence-corrected chi connectivity index (χ0v) is 28.2. The van der Waals surface area contributed by atoms with Gasteiger partial charge in [0.25, 0.3) is 0 Å². The largest absolute Gasteiger partial charge is 0.744 e. The van der Waals surface area contributed by atoms with Crippen LogP contribution < -0.4 is 15.2 Å². The van der Waals surface area contributed by atoms with Crippen LogP contribution >= 0.6 is 0 Å². The molecule has 0 bridgehead atoms. The summed E-state index contributed by atoms with van der Waals surface area (Å²) in [6.07, 6.45) is 0. The van der Waals surface area contributed by atoms with Crippen molar-refractivity contribution in [2.45, 2.75) is 93.1 Å². The number of aryl methyl sites for hydroxylation is 1. The van der Waals surface area contributed by atoms with E-state index in [1.165, 1.54) is 32.4 Å². The Morgan fingerprint density at radius 2 is 1.05 bits per heavy atom. The second kappa shape index (κ2) is 13.5. The first-order valence-electron chi connectivity index (χ1n) is 14.0. The van der Waals surface area contributed by atoms with Crippen LogP contribution in [0.2, 0.25) is 0 Å². The van der Waals surface area contributed by atoms with Crippen molar-refractivity contribution in [1.29, 1.82) is 0 Å². The minimum atomic E-state index is -4.27. The van der Waals surface area contributed by atoms with E-state index in [-0.39, 0.29) is 27.0 Å². The SMILES string of the molecule is Cc1c(N)ccc([S+](c2ccc(OC(C)(C)C)cc2)c2ccc(OC(C)(C)C)cc2)c1C.Cc1ccc(S(=O)(=O)[O-])cc1. The maximum atomic E-state index is 10.4. The molecule has 6 nitrogen and oxygen atoms in total. The van der Waals surface area contributed by atoms with Gasteiger partial charge in [-0.05, 0) is 141 Å². The molecule has 0 aromatic heterocycles. The van der Waals surface area contributed by atoms with E-state index < -0.39 is 10.1 Å². The summed E-state index contributed by atoms with van der Waals surface area (Å²) in [5, 5.41) is 0. The van der Waals surface area contributed by atoms with Crippen molar-refractivity contribution < 1.29 is 22.4 Å². The Balaban J connectivity index is 0.000000386. The highest BCUT2D eigenvalue weighted by atomic mass is 32.2. The lowest BCUT2D eigenvalue weighted by atomic mass is 10.1. The fourth-order valence-corrected chi connectivity index (χ4v) is 6.86. The van der Waals surface area contributed by atoms with E-state index in [2.05, 4.69) is 110 Å². The molecule has 230 valence electrons. The van der Waals surface area contributed by atoms with E-state index in [1.807, 2.05) is 13.0 Å². The Morgan fingerprint density at radius 3 is 1.42 bits per heavy atom. The molecule has 0 saturated carbocycles. The molecule has 8 heteroatoms. The maximum Gasteiger partial charge on any atom is 0.169 e. The van der Waals surface area contributed by atoms with Crippen LogP contribution in [-0.2, 0) is 21.0 Å². The summed E-state index contributed by atoms with van der Waals surface area (Å²) in [7, 11) is -4.54. The Morgan fingerprint density at radius 1 is 0.628 bits per heavy atom. The summed E-state index contributed by atoms with van der Waals surface area (Å²) in [6.45, 7) is 18.5. The molecule has 0 radical (unpaired) electrons. The van der Waals surface area contributed by atoms with Gasteiger partial charge in [0.15, 0.2) is 14.7 Å². The molecule has 0 heterocycles. The zero-order chi connectivity index (χ0) is 32.2. The van der Waals surface area contributed by atoms with Gasteiger partial charge in [-0.15, -0.1) is 0 Å². The first-order chi connectivity index (χ1) is 19.8. The number of hydrogen-bond acceptors (Lipinski definition) is 6. The molecule has 4 rings (SSSR count). The number of anilines is 1. The minimum Gasteiger partial charge on any atom is -0.744 e. The van der Waals surface area contributed by atoms with Crippen LogP contribution in [0.1, 0.15) is 58.2 Å². The molecule has 0 saturated heterocycles. The summed E-state index contributed by atoms with van der Waals surface area (Å²) in [4.78, 5) is 3.58. The highest BCUT2D eigenvalue weighted by Crippen LogP contribution is 2.37. The molecule has 0 spiro atoms. The van der Waals surface area contributed by atoms with Crippen molar-refractivity contribution in [1.82, 2.24) is 0 Å². The van der Waals surface area contributed by atoms with Crippen molar-refractivity contribution in [3.05, 3.63) is 102 Å². The Bertz CT molecular complexity index is 1560. The fourth-order valence-electron chi connectivity index (χ4n) is 4.13. The van der Waals surface area contributed by atoms with E-state index in [4.69, 9.17) is 15.2 Å². The smallest absolute Gasteiger partial charge is 0.169 e. The molecule has 0 aliphatic carbocycles. The molecule has 2 N–H and O–H groups in total.